The lowest BCUT2D eigenvalue weighted by Gasteiger charge is -2.09. The maximum absolute atomic E-state index is 11.9. The van der Waals surface area contributed by atoms with E-state index in [1.165, 1.54) is 0 Å². The van der Waals surface area contributed by atoms with Crippen LogP contribution in [-0.2, 0) is 14.3 Å². The second-order valence-electron chi connectivity index (χ2n) is 5.33. The summed E-state index contributed by atoms with van der Waals surface area (Å²) in [5.41, 5.74) is 0.235. The molecular weight excluding hydrogens is 228 g/mol. The lowest BCUT2D eigenvalue weighted by Crippen LogP contribution is -2.25. The minimum absolute atomic E-state index is 0.162. The number of carbonyl (C=O) groups is 1. The molecular formula is C15H20O3. The highest BCUT2D eigenvalue weighted by Crippen LogP contribution is 2.50. The Morgan fingerprint density at radius 2 is 2.06 bits per heavy atom. The van der Waals surface area contributed by atoms with Gasteiger partial charge in [-0.3, -0.25) is 0 Å². The fourth-order valence-corrected chi connectivity index (χ4v) is 1.91. The number of ether oxygens (including phenoxy) is 2. The highest BCUT2D eigenvalue weighted by molar-refractivity contribution is 5.83. The zero-order valence-electron chi connectivity index (χ0n) is 11.2. The Kier molecular flexibility index (Phi) is 3.71. The van der Waals surface area contributed by atoms with E-state index >= 15 is 0 Å². The Balaban J connectivity index is 1.89. The van der Waals surface area contributed by atoms with E-state index in [4.69, 9.17) is 9.47 Å². The van der Waals surface area contributed by atoms with Crippen LogP contribution in [0.4, 0.5) is 0 Å². The third-order valence-corrected chi connectivity index (χ3v) is 3.24. The summed E-state index contributed by atoms with van der Waals surface area (Å²) in [5.74, 6) is 0.285. The molecule has 1 aliphatic heterocycles. The first-order valence-corrected chi connectivity index (χ1v) is 6.44. The average Bonchev–Trinajstić information content (AvgIpc) is 3.04. The topological polar surface area (TPSA) is 38.8 Å². The predicted octanol–water partition coefficient (Wildman–Crippen LogP) is 3.11. The van der Waals surface area contributed by atoms with Gasteiger partial charge >= 0.3 is 5.97 Å². The van der Waals surface area contributed by atoms with Gasteiger partial charge in [0, 0.05) is 0 Å². The van der Waals surface area contributed by atoms with E-state index in [1.54, 1.807) is 6.92 Å². The van der Waals surface area contributed by atoms with Crippen LogP contribution in [0.1, 0.15) is 38.9 Å². The van der Waals surface area contributed by atoms with Crippen LogP contribution in [0.25, 0.3) is 0 Å². The first-order chi connectivity index (χ1) is 8.54. The lowest BCUT2D eigenvalue weighted by atomic mass is 10.0. The molecule has 0 N–H and O–H groups in total. The molecule has 2 atom stereocenters. The van der Waals surface area contributed by atoms with Gasteiger partial charge in [0.1, 0.15) is 6.10 Å². The smallest absolute Gasteiger partial charge is 0.341 e. The van der Waals surface area contributed by atoms with Gasteiger partial charge in [-0.2, -0.15) is 0 Å². The first kappa shape index (κ1) is 13.1. The number of rotatable bonds is 5. The van der Waals surface area contributed by atoms with Crippen molar-refractivity contribution in [2.45, 2.75) is 38.9 Å². The van der Waals surface area contributed by atoms with Crippen molar-refractivity contribution in [3.8, 4) is 0 Å². The van der Waals surface area contributed by atoms with Crippen molar-refractivity contribution in [2.75, 3.05) is 6.61 Å². The second-order valence-corrected chi connectivity index (χ2v) is 5.33. The molecule has 1 aromatic carbocycles. The summed E-state index contributed by atoms with van der Waals surface area (Å²) in [7, 11) is 0. The number of benzene rings is 1. The third-order valence-electron chi connectivity index (χ3n) is 3.24. The van der Waals surface area contributed by atoms with E-state index < -0.39 is 5.60 Å². The molecule has 0 spiro atoms. The Morgan fingerprint density at radius 3 is 2.67 bits per heavy atom. The Labute approximate surface area is 108 Å². The van der Waals surface area contributed by atoms with Crippen molar-refractivity contribution >= 4 is 5.97 Å². The molecule has 1 heterocycles. The summed E-state index contributed by atoms with van der Waals surface area (Å²) in [6.07, 6.45) is 0.725. The highest BCUT2D eigenvalue weighted by atomic mass is 16.7. The molecule has 0 saturated carbocycles. The molecule has 0 bridgehead atoms. The second kappa shape index (κ2) is 5.11. The summed E-state index contributed by atoms with van der Waals surface area (Å²) in [6, 6.07) is 9.78. The summed E-state index contributed by atoms with van der Waals surface area (Å²) in [4.78, 5) is 11.9. The van der Waals surface area contributed by atoms with E-state index in [0.717, 1.165) is 12.0 Å². The normalized spacial score (nSPS) is 26.1. The summed E-state index contributed by atoms with van der Waals surface area (Å²) < 4.78 is 10.8. The Morgan fingerprint density at radius 1 is 1.39 bits per heavy atom. The molecule has 18 heavy (non-hydrogen) atoms. The molecule has 0 unspecified atom stereocenters. The predicted molar refractivity (Wildman–Crippen MR) is 69.1 cm³/mol. The highest BCUT2D eigenvalue weighted by Gasteiger charge is 2.60. The summed E-state index contributed by atoms with van der Waals surface area (Å²) in [5, 5.41) is 0. The van der Waals surface area contributed by atoms with Crippen LogP contribution in [0, 0.1) is 5.92 Å². The van der Waals surface area contributed by atoms with Crippen LogP contribution in [0.2, 0.25) is 0 Å². The van der Waals surface area contributed by atoms with Gasteiger partial charge in [-0.15, -0.1) is 0 Å². The average molecular weight is 248 g/mol. The molecule has 98 valence electrons. The monoisotopic (exact) mass is 248 g/mol. The minimum Gasteiger partial charge on any atom is -0.463 e. The fraction of sp³-hybridized carbons (Fsp3) is 0.533. The van der Waals surface area contributed by atoms with Crippen molar-refractivity contribution in [3.63, 3.8) is 0 Å². The zero-order chi connectivity index (χ0) is 13.2. The van der Waals surface area contributed by atoms with Crippen LogP contribution in [0.3, 0.4) is 0 Å². The first-order valence-electron chi connectivity index (χ1n) is 6.44. The lowest BCUT2D eigenvalue weighted by molar-refractivity contribution is -0.149. The molecule has 2 rings (SSSR count). The van der Waals surface area contributed by atoms with Crippen molar-refractivity contribution in [1.29, 1.82) is 0 Å². The number of carbonyl (C=O) groups excluding carboxylic acids is 1. The quantitative estimate of drug-likeness (QED) is 0.593. The van der Waals surface area contributed by atoms with E-state index in [0.29, 0.717) is 12.5 Å². The van der Waals surface area contributed by atoms with Gasteiger partial charge in [-0.05, 0) is 24.8 Å². The van der Waals surface area contributed by atoms with Gasteiger partial charge in [0.25, 0.3) is 0 Å². The number of hydrogen-bond acceptors (Lipinski definition) is 3. The van der Waals surface area contributed by atoms with E-state index in [-0.39, 0.29) is 12.1 Å². The van der Waals surface area contributed by atoms with Crippen molar-refractivity contribution < 1.29 is 14.3 Å². The van der Waals surface area contributed by atoms with Crippen molar-refractivity contribution in [2.24, 2.45) is 5.92 Å². The van der Waals surface area contributed by atoms with Gasteiger partial charge < -0.3 is 9.47 Å². The Bertz CT molecular complexity index is 413. The van der Waals surface area contributed by atoms with Crippen LogP contribution in [0.15, 0.2) is 30.3 Å². The molecule has 1 aliphatic rings. The van der Waals surface area contributed by atoms with E-state index in [2.05, 4.69) is 13.8 Å². The SMILES string of the molecule is CC(C)CCOC(=O)[C@@]1(C)O[C@@H]1c1ccccc1. The van der Waals surface area contributed by atoms with Crippen LogP contribution in [-0.4, -0.2) is 18.2 Å². The molecule has 3 heteroatoms. The molecule has 0 amide bonds. The third kappa shape index (κ3) is 2.72. The van der Waals surface area contributed by atoms with Gasteiger partial charge in [-0.1, -0.05) is 44.2 Å². The van der Waals surface area contributed by atoms with Crippen molar-refractivity contribution in [3.05, 3.63) is 35.9 Å². The zero-order valence-corrected chi connectivity index (χ0v) is 11.2. The number of epoxide rings is 1. The minimum atomic E-state index is -0.793. The molecule has 1 fully saturated rings. The molecule has 0 radical (unpaired) electrons. The van der Waals surface area contributed by atoms with Gasteiger partial charge in [-0.25, -0.2) is 4.79 Å². The largest absolute Gasteiger partial charge is 0.463 e. The fourth-order valence-electron chi connectivity index (χ4n) is 1.91. The molecule has 0 aliphatic carbocycles. The van der Waals surface area contributed by atoms with Gasteiger partial charge in [0.05, 0.1) is 6.61 Å². The number of esters is 1. The molecule has 1 aromatic rings. The molecule has 3 nitrogen and oxygen atoms in total. The van der Waals surface area contributed by atoms with Crippen LogP contribution >= 0.6 is 0 Å². The van der Waals surface area contributed by atoms with Crippen LogP contribution < -0.4 is 0 Å². The van der Waals surface area contributed by atoms with Crippen LogP contribution in [0.5, 0.6) is 0 Å². The van der Waals surface area contributed by atoms with E-state index in [9.17, 15) is 4.79 Å². The standard InChI is InChI=1S/C15H20O3/c1-11(2)9-10-17-14(16)15(3)13(18-15)12-7-5-4-6-8-12/h4-8,11,13H,9-10H2,1-3H3/t13-,15+/m1/s1. The Hall–Kier alpha value is -1.35. The van der Waals surface area contributed by atoms with Gasteiger partial charge in [0.15, 0.2) is 5.60 Å². The molecule has 0 aromatic heterocycles. The summed E-state index contributed by atoms with van der Waals surface area (Å²) in [6.45, 7) is 6.48. The maximum atomic E-state index is 11.9. The van der Waals surface area contributed by atoms with Crippen molar-refractivity contribution in [1.82, 2.24) is 0 Å². The number of hydrogen-bond donors (Lipinski definition) is 0. The summed E-state index contributed by atoms with van der Waals surface area (Å²) >= 11 is 0. The van der Waals surface area contributed by atoms with E-state index in [1.807, 2.05) is 30.3 Å². The van der Waals surface area contributed by atoms with Gasteiger partial charge in [0.2, 0.25) is 0 Å². The molecule has 1 saturated heterocycles. The maximum Gasteiger partial charge on any atom is 0.341 e.